The molecular formula is C20H23F3N2. The van der Waals surface area contributed by atoms with Crippen LogP contribution in [0.3, 0.4) is 0 Å². The molecule has 1 unspecified atom stereocenters. The maximum atomic E-state index is 13.2. The monoisotopic (exact) mass is 348 g/mol. The lowest BCUT2D eigenvalue weighted by Gasteiger charge is -2.31. The van der Waals surface area contributed by atoms with Crippen LogP contribution in [0.2, 0.25) is 0 Å². The van der Waals surface area contributed by atoms with Gasteiger partial charge in [0, 0.05) is 19.6 Å². The highest BCUT2D eigenvalue weighted by atomic mass is 19.4. The van der Waals surface area contributed by atoms with Crippen LogP contribution in [0.15, 0.2) is 48.5 Å². The van der Waals surface area contributed by atoms with Crippen molar-refractivity contribution in [2.75, 3.05) is 26.2 Å². The Morgan fingerprint density at radius 1 is 0.960 bits per heavy atom. The van der Waals surface area contributed by atoms with Gasteiger partial charge in [-0.2, -0.15) is 13.2 Å². The number of benzene rings is 2. The first-order valence-electron chi connectivity index (χ1n) is 8.63. The Labute approximate surface area is 146 Å². The number of rotatable bonds is 3. The van der Waals surface area contributed by atoms with Crippen molar-refractivity contribution < 1.29 is 13.2 Å². The van der Waals surface area contributed by atoms with E-state index in [1.165, 1.54) is 12.1 Å². The molecule has 0 radical (unpaired) electrons. The predicted octanol–water partition coefficient (Wildman–Crippen LogP) is 4.40. The Kier molecular flexibility index (Phi) is 5.45. The van der Waals surface area contributed by atoms with Gasteiger partial charge in [-0.25, -0.2) is 0 Å². The highest BCUT2D eigenvalue weighted by molar-refractivity contribution is 5.36. The molecule has 25 heavy (non-hydrogen) atoms. The van der Waals surface area contributed by atoms with E-state index >= 15 is 0 Å². The number of nitrogens with one attached hydrogen (secondary N) is 1. The zero-order valence-corrected chi connectivity index (χ0v) is 14.3. The van der Waals surface area contributed by atoms with Crippen LogP contribution >= 0.6 is 0 Å². The van der Waals surface area contributed by atoms with E-state index in [9.17, 15) is 13.2 Å². The van der Waals surface area contributed by atoms with Gasteiger partial charge in [0.1, 0.15) is 0 Å². The molecule has 0 aliphatic carbocycles. The third kappa shape index (κ3) is 4.41. The zero-order valence-electron chi connectivity index (χ0n) is 14.3. The van der Waals surface area contributed by atoms with Crippen molar-refractivity contribution in [2.24, 2.45) is 0 Å². The molecule has 1 N–H and O–H groups in total. The van der Waals surface area contributed by atoms with Crippen LogP contribution in [0.1, 0.15) is 34.7 Å². The molecule has 1 aliphatic rings. The SMILES string of the molecule is Cc1ccc(C(c2cccc(C(F)(F)F)c2)N2CCCNCC2)cc1. The minimum atomic E-state index is -4.33. The summed E-state index contributed by atoms with van der Waals surface area (Å²) < 4.78 is 39.5. The summed E-state index contributed by atoms with van der Waals surface area (Å²) in [6.07, 6.45) is -3.34. The molecule has 3 rings (SSSR count). The number of aryl methyl sites for hydroxylation is 1. The normalized spacial score (nSPS) is 17.9. The van der Waals surface area contributed by atoms with E-state index in [0.29, 0.717) is 5.56 Å². The van der Waals surface area contributed by atoms with Gasteiger partial charge in [0.15, 0.2) is 0 Å². The van der Waals surface area contributed by atoms with E-state index in [2.05, 4.69) is 10.2 Å². The first-order valence-corrected chi connectivity index (χ1v) is 8.63. The molecule has 1 heterocycles. The van der Waals surface area contributed by atoms with Crippen molar-refractivity contribution in [3.8, 4) is 0 Å². The molecule has 2 nitrogen and oxygen atoms in total. The van der Waals surface area contributed by atoms with E-state index < -0.39 is 11.7 Å². The average molecular weight is 348 g/mol. The molecule has 2 aromatic carbocycles. The minimum absolute atomic E-state index is 0.164. The van der Waals surface area contributed by atoms with Crippen molar-refractivity contribution >= 4 is 0 Å². The molecule has 0 amide bonds. The van der Waals surface area contributed by atoms with Gasteiger partial charge in [-0.1, -0.05) is 42.0 Å². The fourth-order valence-corrected chi connectivity index (χ4v) is 3.37. The van der Waals surface area contributed by atoms with Crippen LogP contribution in [0.5, 0.6) is 0 Å². The van der Waals surface area contributed by atoms with Gasteiger partial charge < -0.3 is 5.32 Å². The fourth-order valence-electron chi connectivity index (χ4n) is 3.37. The molecule has 1 saturated heterocycles. The molecular weight excluding hydrogens is 325 g/mol. The second-order valence-corrected chi connectivity index (χ2v) is 6.58. The highest BCUT2D eigenvalue weighted by Gasteiger charge is 2.32. The van der Waals surface area contributed by atoms with E-state index in [-0.39, 0.29) is 6.04 Å². The standard InChI is InChI=1S/C20H23F3N2/c1-15-6-8-16(9-7-15)19(25-12-3-10-24-11-13-25)17-4-2-5-18(14-17)20(21,22)23/h2,4-9,14,19,24H,3,10-13H2,1H3. The minimum Gasteiger partial charge on any atom is -0.315 e. The second kappa shape index (κ2) is 7.58. The molecule has 0 aromatic heterocycles. The maximum Gasteiger partial charge on any atom is 0.416 e. The average Bonchev–Trinajstić information content (AvgIpc) is 2.86. The molecule has 0 bridgehead atoms. The number of nitrogens with zero attached hydrogens (tertiary/aromatic N) is 1. The number of halogens is 3. The first kappa shape index (κ1) is 18.0. The third-order valence-electron chi connectivity index (χ3n) is 4.66. The largest absolute Gasteiger partial charge is 0.416 e. The predicted molar refractivity (Wildman–Crippen MR) is 93.5 cm³/mol. The molecule has 5 heteroatoms. The Morgan fingerprint density at radius 2 is 1.72 bits per heavy atom. The van der Waals surface area contributed by atoms with Gasteiger partial charge in [-0.15, -0.1) is 0 Å². The molecule has 1 fully saturated rings. The van der Waals surface area contributed by atoms with Crippen molar-refractivity contribution in [3.05, 3.63) is 70.8 Å². The van der Waals surface area contributed by atoms with Crippen molar-refractivity contribution in [1.82, 2.24) is 10.2 Å². The van der Waals surface area contributed by atoms with Gasteiger partial charge in [0.05, 0.1) is 11.6 Å². The van der Waals surface area contributed by atoms with E-state index in [4.69, 9.17) is 0 Å². The van der Waals surface area contributed by atoms with Crippen molar-refractivity contribution in [2.45, 2.75) is 25.6 Å². The lowest BCUT2D eigenvalue weighted by Crippen LogP contribution is -2.33. The van der Waals surface area contributed by atoms with Gasteiger partial charge in [0.2, 0.25) is 0 Å². The maximum absolute atomic E-state index is 13.2. The Balaban J connectivity index is 2.02. The molecule has 1 atom stereocenters. The van der Waals surface area contributed by atoms with Crippen LogP contribution in [-0.4, -0.2) is 31.1 Å². The molecule has 134 valence electrons. The van der Waals surface area contributed by atoms with Crippen LogP contribution in [-0.2, 0) is 6.18 Å². The van der Waals surface area contributed by atoms with Gasteiger partial charge in [-0.3, -0.25) is 4.90 Å². The molecule has 2 aromatic rings. The quantitative estimate of drug-likeness (QED) is 0.884. The summed E-state index contributed by atoms with van der Waals surface area (Å²) >= 11 is 0. The summed E-state index contributed by atoms with van der Waals surface area (Å²) in [6.45, 7) is 5.48. The molecule has 1 aliphatic heterocycles. The summed E-state index contributed by atoms with van der Waals surface area (Å²) in [5.41, 5.74) is 2.28. The summed E-state index contributed by atoms with van der Waals surface area (Å²) in [7, 11) is 0. The number of alkyl halides is 3. The smallest absolute Gasteiger partial charge is 0.315 e. The zero-order chi connectivity index (χ0) is 17.9. The summed E-state index contributed by atoms with van der Waals surface area (Å²) in [6, 6.07) is 13.7. The lowest BCUT2D eigenvalue weighted by molar-refractivity contribution is -0.137. The highest BCUT2D eigenvalue weighted by Crippen LogP contribution is 2.34. The Bertz CT molecular complexity index is 687. The number of hydrogen-bond acceptors (Lipinski definition) is 2. The van der Waals surface area contributed by atoms with Gasteiger partial charge >= 0.3 is 6.18 Å². The molecule has 0 spiro atoms. The summed E-state index contributed by atoms with van der Waals surface area (Å²) in [4.78, 5) is 2.28. The second-order valence-electron chi connectivity index (χ2n) is 6.58. The Morgan fingerprint density at radius 3 is 2.44 bits per heavy atom. The fraction of sp³-hybridized carbons (Fsp3) is 0.400. The van der Waals surface area contributed by atoms with Gasteiger partial charge in [0.25, 0.3) is 0 Å². The van der Waals surface area contributed by atoms with Crippen LogP contribution in [0, 0.1) is 6.92 Å². The van der Waals surface area contributed by atoms with Crippen LogP contribution < -0.4 is 5.32 Å². The first-order chi connectivity index (χ1) is 11.9. The Hall–Kier alpha value is -1.85. The summed E-state index contributed by atoms with van der Waals surface area (Å²) in [5, 5.41) is 3.36. The van der Waals surface area contributed by atoms with Crippen molar-refractivity contribution in [3.63, 3.8) is 0 Å². The van der Waals surface area contributed by atoms with Crippen molar-refractivity contribution in [1.29, 1.82) is 0 Å². The summed E-state index contributed by atoms with van der Waals surface area (Å²) in [5.74, 6) is 0. The van der Waals surface area contributed by atoms with E-state index in [1.54, 1.807) is 6.07 Å². The van der Waals surface area contributed by atoms with Gasteiger partial charge in [-0.05, 0) is 43.1 Å². The van der Waals surface area contributed by atoms with Crippen LogP contribution in [0.4, 0.5) is 13.2 Å². The van der Waals surface area contributed by atoms with E-state index in [1.807, 2.05) is 31.2 Å². The topological polar surface area (TPSA) is 15.3 Å². The number of hydrogen-bond donors (Lipinski definition) is 1. The lowest BCUT2D eigenvalue weighted by atomic mass is 9.94. The third-order valence-corrected chi connectivity index (χ3v) is 4.66. The molecule has 0 saturated carbocycles. The van der Waals surface area contributed by atoms with Crippen LogP contribution in [0.25, 0.3) is 0 Å². The van der Waals surface area contributed by atoms with E-state index in [0.717, 1.165) is 49.8 Å².